The quantitative estimate of drug-likeness (QED) is 0.176. The summed E-state index contributed by atoms with van der Waals surface area (Å²) < 4.78 is 4.88. The van der Waals surface area contributed by atoms with Crippen molar-refractivity contribution in [3.63, 3.8) is 0 Å². The summed E-state index contributed by atoms with van der Waals surface area (Å²) in [6.45, 7) is 27.2. The predicted octanol–water partition coefficient (Wildman–Crippen LogP) is 17.4. The lowest BCUT2D eigenvalue weighted by Crippen LogP contribution is -2.10. The van der Waals surface area contributed by atoms with Gasteiger partial charge in [-0.15, -0.1) is 0 Å². The topological polar surface area (TPSA) is 60.4 Å². The molecule has 0 spiro atoms. The predicted molar refractivity (Wildman–Crippen MR) is 303 cm³/mol. The maximum atomic E-state index is 5.43. The van der Waals surface area contributed by atoms with Gasteiger partial charge in [0.05, 0.1) is 56.5 Å². The largest absolute Gasteiger partial charge is 0.305 e. The first-order valence-electron chi connectivity index (χ1n) is 25.5. The van der Waals surface area contributed by atoms with Gasteiger partial charge >= 0.3 is 0 Å². The molecule has 13 aromatic rings. The van der Waals surface area contributed by atoms with Gasteiger partial charge in [0.15, 0.2) is 0 Å². The van der Waals surface area contributed by atoms with E-state index in [4.69, 9.17) is 19.9 Å². The normalized spacial score (nSPS) is 13.3. The van der Waals surface area contributed by atoms with Crippen molar-refractivity contribution in [2.45, 2.75) is 105 Å². The Morgan fingerprint density at radius 3 is 0.889 bits per heavy atom. The van der Waals surface area contributed by atoms with Gasteiger partial charge in [-0.3, -0.25) is 19.9 Å². The summed E-state index contributed by atoms with van der Waals surface area (Å²) in [5.41, 5.74) is 22.8. The fraction of sp³-hybridized carbons (Fsp3) is 0.242. The van der Waals surface area contributed by atoms with Crippen LogP contribution in [0.5, 0.6) is 0 Å². The minimum Gasteiger partial charge on any atom is -0.305 e. The van der Waals surface area contributed by atoms with E-state index in [0.29, 0.717) is 0 Å². The second-order valence-electron chi connectivity index (χ2n) is 24.5. The molecule has 0 unspecified atom stereocenters. The van der Waals surface area contributed by atoms with E-state index in [-0.39, 0.29) is 21.7 Å². The standard InChI is InChI=1S/C66H60N6/c1-63(2,3)41-21-13-37(14-22-41)47-31-67-35-53-55(47)57-49(39-17-25-43(26-18-39)65(7,8)9)33-69-59-45-29-46-52(30-51(45)71(53)61(57)59)72-54-36-68-32-48(38-15-23-42(24-16-38)64(4,5)6)56(54)58-50(34-70-60(46)62(58)72)40-19-27-44(28-20-40)66(10,11)12/h13-36H,1-12H3. The number of hydrogen-bond acceptors (Lipinski definition) is 4. The van der Waals surface area contributed by atoms with E-state index in [2.05, 4.69) is 238 Å². The maximum Gasteiger partial charge on any atom is 0.0970 e. The van der Waals surface area contributed by atoms with Crippen LogP contribution in [0.1, 0.15) is 105 Å². The molecule has 354 valence electrons. The number of hydrogen-bond donors (Lipinski definition) is 0. The number of benzene rings is 5. The van der Waals surface area contributed by atoms with Crippen molar-refractivity contribution in [1.29, 1.82) is 0 Å². The van der Waals surface area contributed by atoms with Crippen molar-refractivity contribution < 1.29 is 0 Å². The Hall–Kier alpha value is -7.70. The number of aromatic nitrogens is 6. The van der Waals surface area contributed by atoms with Gasteiger partial charge in [0.2, 0.25) is 0 Å². The molecule has 13 rings (SSSR count). The third-order valence-electron chi connectivity index (χ3n) is 15.7. The lowest BCUT2D eigenvalue weighted by molar-refractivity contribution is 0.590. The zero-order valence-electron chi connectivity index (χ0n) is 43.5. The van der Waals surface area contributed by atoms with Crippen LogP contribution in [0.25, 0.3) is 121 Å². The van der Waals surface area contributed by atoms with Crippen LogP contribution in [0, 0.1) is 0 Å². The highest BCUT2D eigenvalue weighted by molar-refractivity contribution is 6.32. The van der Waals surface area contributed by atoms with Crippen LogP contribution >= 0.6 is 0 Å². The number of pyridine rings is 4. The number of nitrogens with zero attached hydrogens (tertiary/aromatic N) is 6. The number of fused-ring (bicyclic) bond motifs is 12. The molecule has 0 saturated heterocycles. The zero-order valence-corrected chi connectivity index (χ0v) is 43.5. The Bertz CT molecular complexity index is 4020. The third-order valence-corrected chi connectivity index (χ3v) is 15.7. The first kappa shape index (κ1) is 44.3. The SMILES string of the molecule is CC(C)(C)c1ccc(-c2cncc3c2c2c(-c4ccc(C(C)(C)C)cc4)cnc4c5cc6c7ncc(-c8ccc(C(C)(C)C)cc8)c8c9c(-c%10ccc(C(C)(C)C)cc%10)cncc9n(c6cc5n3c42)c78)cc1. The van der Waals surface area contributed by atoms with Crippen molar-refractivity contribution in [3.8, 4) is 44.5 Å². The molecule has 5 aromatic carbocycles. The summed E-state index contributed by atoms with van der Waals surface area (Å²) in [5.74, 6) is 0. The fourth-order valence-corrected chi connectivity index (χ4v) is 11.6. The molecule has 0 fully saturated rings. The van der Waals surface area contributed by atoms with E-state index in [1.54, 1.807) is 0 Å². The molecule has 0 amide bonds. The minimum atomic E-state index is 0.0354. The second-order valence-corrected chi connectivity index (χ2v) is 24.5. The van der Waals surface area contributed by atoms with Crippen molar-refractivity contribution in [1.82, 2.24) is 28.7 Å². The Morgan fingerprint density at radius 2 is 0.597 bits per heavy atom. The summed E-state index contributed by atoms with van der Waals surface area (Å²) in [5, 5.41) is 6.92. The van der Waals surface area contributed by atoms with Crippen molar-refractivity contribution in [2.24, 2.45) is 0 Å². The van der Waals surface area contributed by atoms with Gasteiger partial charge < -0.3 is 8.80 Å². The van der Waals surface area contributed by atoms with Crippen LogP contribution in [0.3, 0.4) is 0 Å². The summed E-state index contributed by atoms with van der Waals surface area (Å²) in [6.07, 6.45) is 12.4. The minimum absolute atomic E-state index is 0.0354. The molecule has 0 radical (unpaired) electrons. The molecule has 0 saturated carbocycles. The Morgan fingerprint density at radius 1 is 0.306 bits per heavy atom. The van der Waals surface area contributed by atoms with Crippen LogP contribution in [0.4, 0.5) is 0 Å². The molecule has 0 aliphatic carbocycles. The van der Waals surface area contributed by atoms with Gasteiger partial charge in [0, 0.05) is 79.4 Å². The molecule has 8 heterocycles. The Balaban J connectivity index is 1.14. The molecule has 72 heavy (non-hydrogen) atoms. The average molecular weight is 937 g/mol. The van der Waals surface area contributed by atoms with Crippen LogP contribution < -0.4 is 0 Å². The van der Waals surface area contributed by atoms with Gasteiger partial charge in [-0.1, -0.05) is 180 Å². The van der Waals surface area contributed by atoms with E-state index in [9.17, 15) is 0 Å². The zero-order chi connectivity index (χ0) is 50.0. The van der Waals surface area contributed by atoms with Gasteiger partial charge in [-0.2, -0.15) is 0 Å². The summed E-state index contributed by atoms with van der Waals surface area (Å²) >= 11 is 0. The van der Waals surface area contributed by atoms with Crippen molar-refractivity contribution in [2.75, 3.05) is 0 Å². The lowest BCUT2D eigenvalue weighted by Gasteiger charge is -2.19. The number of rotatable bonds is 4. The first-order valence-corrected chi connectivity index (χ1v) is 25.5. The van der Waals surface area contributed by atoms with Gasteiger partial charge in [0.1, 0.15) is 0 Å². The van der Waals surface area contributed by atoms with E-state index in [1.165, 1.54) is 43.8 Å². The van der Waals surface area contributed by atoms with Crippen LogP contribution in [-0.2, 0) is 21.7 Å². The van der Waals surface area contributed by atoms with E-state index in [0.717, 1.165) is 99.4 Å². The van der Waals surface area contributed by atoms with E-state index >= 15 is 0 Å². The summed E-state index contributed by atoms with van der Waals surface area (Å²) in [4.78, 5) is 20.9. The second kappa shape index (κ2) is 14.9. The molecule has 0 aliphatic rings. The van der Waals surface area contributed by atoms with Crippen LogP contribution in [0.15, 0.2) is 146 Å². The first-order chi connectivity index (χ1) is 34.3. The molecule has 6 nitrogen and oxygen atoms in total. The third kappa shape index (κ3) is 6.46. The average Bonchev–Trinajstić information content (AvgIpc) is 4.08. The van der Waals surface area contributed by atoms with Crippen molar-refractivity contribution in [3.05, 3.63) is 169 Å². The monoisotopic (exact) mass is 936 g/mol. The van der Waals surface area contributed by atoms with Gasteiger partial charge in [-0.05, 0) is 78.3 Å². The maximum absolute atomic E-state index is 5.43. The fourth-order valence-electron chi connectivity index (χ4n) is 11.6. The van der Waals surface area contributed by atoms with Gasteiger partial charge in [-0.25, -0.2) is 0 Å². The summed E-state index contributed by atoms with van der Waals surface area (Å²) in [6, 6.07) is 41.1. The molecule has 6 heteroatoms. The summed E-state index contributed by atoms with van der Waals surface area (Å²) in [7, 11) is 0. The Kier molecular flexibility index (Phi) is 9.17. The van der Waals surface area contributed by atoms with Gasteiger partial charge in [0.25, 0.3) is 0 Å². The Labute approximate surface area is 421 Å². The van der Waals surface area contributed by atoms with Crippen LogP contribution in [0.2, 0.25) is 0 Å². The highest BCUT2D eigenvalue weighted by Crippen LogP contribution is 2.50. The highest BCUT2D eigenvalue weighted by atomic mass is 15.0. The van der Waals surface area contributed by atoms with Crippen LogP contribution in [-0.4, -0.2) is 28.7 Å². The molecule has 0 atom stereocenters. The smallest absolute Gasteiger partial charge is 0.0970 e. The molecular formula is C66H60N6. The molecule has 8 aromatic heterocycles. The lowest BCUT2D eigenvalue weighted by atomic mass is 9.85. The molecule has 0 bridgehead atoms. The molecule has 0 aliphatic heterocycles. The molecular weight excluding hydrogens is 877 g/mol. The molecule has 0 N–H and O–H groups in total. The van der Waals surface area contributed by atoms with Crippen molar-refractivity contribution >= 4 is 76.5 Å². The highest BCUT2D eigenvalue weighted by Gasteiger charge is 2.29. The van der Waals surface area contributed by atoms with E-state index in [1.807, 2.05) is 0 Å². The van der Waals surface area contributed by atoms with E-state index < -0.39 is 0 Å².